The van der Waals surface area contributed by atoms with Gasteiger partial charge in [-0.1, -0.05) is 11.6 Å². The van der Waals surface area contributed by atoms with Crippen molar-refractivity contribution in [3.05, 3.63) is 21.3 Å². The van der Waals surface area contributed by atoms with E-state index in [0.29, 0.717) is 5.02 Å². The van der Waals surface area contributed by atoms with Crippen LogP contribution in [0.3, 0.4) is 0 Å². The van der Waals surface area contributed by atoms with Gasteiger partial charge in [0, 0.05) is 17.3 Å². The van der Waals surface area contributed by atoms with E-state index in [0.717, 1.165) is 22.1 Å². The Hall–Kier alpha value is 0.360. The second-order valence-corrected chi connectivity index (χ2v) is 6.68. The standard InChI is InChI=1S/C9H9ClOS3/c10-6-1-2-14-9(6)8(11)7-5-12-3-4-13-7/h1-2,7H,3-5H2. The fourth-order valence-electron chi connectivity index (χ4n) is 1.25. The first-order valence-corrected chi connectivity index (χ1v) is 7.71. The Bertz CT molecular complexity index is 331. The lowest BCUT2D eigenvalue weighted by atomic mass is 10.2. The molecule has 1 unspecified atom stereocenters. The van der Waals surface area contributed by atoms with Crippen LogP contribution in [0.2, 0.25) is 5.02 Å². The summed E-state index contributed by atoms with van der Waals surface area (Å²) >= 11 is 11.0. The highest BCUT2D eigenvalue weighted by molar-refractivity contribution is 8.07. The molecule has 0 amide bonds. The largest absolute Gasteiger partial charge is 0.292 e. The number of halogens is 1. The van der Waals surface area contributed by atoms with Crippen LogP contribution in [0.15, 0.2) is 11.4 Å². The third kappa shape index (κ3) is 2.30. The highest BCUT2D eigenvalue weighted by atomic mass is 35.5. The summed E-state index contributed by atoms with van der Waals surface area (Å²) in [6.07, 6.45) is 0. The molecule has 0 aliphatic carbocycles. The van der Waals surface area contributed by atoms with Crippen LogP contribution in [-0.2, 0) is 0 Å². The van der Waals surface area contributed by atoms with Crippen LogP contribution < -0.4 is 0 Å². The monoisotopic (exact) mass is 264 g/mol. The number of ketones is 1. The van der Waals surface area contributed by atoms with Crippen molar-refractivity contribution in [2.24, 2.45) is 0 Å². The smallest absolute Gasteiger partial charge is 0.188 e. The summed E-state index contributed by atoms with van der Waals surface area (Å²) in [4.78, 5) is 12.7. The van der Waals surface area contributed by atoms with Crippen LogP contribution in [0.1, 0.15) is 9.67 Å². The molecule has 0 saturated carbocycles. The van der Waals surface area contributed by atoms with E-state index in [1.807, 2.05) is 17.1 Å². The highest BCUT2D eigenvalue weighted by Gasteiger charge is 2.25. The van der Waals surface area contributed by atoms with Crippen LogP contribution in [0, 0.1) is 0 Å². The van der Waals surface area contributed by atoms with E-state index in [1.54, 1.807) is 17.8 Å². The molecule has 1 nitrogen and oxygen atoms in total. The minimum Gasteiger partial charge on any atom is -0.292 e. The number of Topliss-reactive ketones (excluding diaryl/α,β-unsaturated/α-hetero) is 1. The maximum absolute atomic E-state index is 12.0. The maximum Gasteiger partial charge on any atom is 0.188 e. The molecule has 1 aliphatic heterocycles. The lowest BCUT2D eigenvalue weighted by molar-refractivity contribution is 0.0999. The SMILES string of the molecule is O=C(c1sccc1Cl)C1CSCCS1. The van der Waals surface area contributed by atoms with Gasteiger partial charge in [0.25, 0.3) is 0 Å². The minimum atomic E-state index is 0.116. The summed E-state index contributed by atoms with van der Waals surface area (Å²) in [5.41, 5.74) is 0. The zero-order chi connectivity index (χ0) is 9.97. The van der Waals surface area contributed by atoms with E-state index in [9.17, 15) is 4.79 Å². The van der Waals surface area contributed by atoms with Gasteiger partial charge in [0.05, 0.1) is 15.1 Å². The number of carbonyl (C=O) groups is 1. The normalized spacial score (nSPS) is 22.2. The number of hydrogen-bond acceptors (Lipinski definition) is 4. The number of rotatable bonds is 2. The van der Waals surface area contributed by atoms with Gasteiger partial charge in [0.15, 0.2) is 5.78 Å². The molecule has 1 saturated heterocycles. The van der Waals surface area contributed by atoms with Crippen LogP contribution >= 0.6 is 46.5 Å². The van der Waals surface area contributed by atoms with Crippen molar-refractivity contribution < 1.29 is 4.79 Å². The average molecular weight is 265 g/mol. The zero-order valence-corrected chi connectivity index (χ0v) is 10.6. The molecule has 1 fully saturated rings. The molecule has 14 heavy (non-hydrogen) atoms. The molecule has 2 rings (SSSR count). The van der Waals surface area contributed by atoms with E-state index < -0.39 is 0 Å². The van der Waals surface area contributed by atoms with Crippen molar-refractivity contribution in [2.75, 3.05) is 17.3 Å². The maximum atomic E-state index is 12.0. The predicted molar refractivity (Wildman–Crippen MR) is 67.2 cm³/mol. The van der Waals surface area contributed by atoms with Crippen molar-refractivity contribution in [3.63, 3.8) is 0 Å². The molecule has 0 radical (unpaired) electrons. The van der Waals surface area contributed by atoms with Crippen molar-refractivity contribution in [1.82, 2.24) is 0 Å². The molecule has 76 valence electrons. The van der Waals surface area contributed by atoms with E-state index >= 15 is 0 Å². The van der Waals surface area contributed by atoms with Crippen LogP contribution in [0.25, 0.3) is 0 Å². The van der Waals surface area contributed by atoms with Crippen molar-refractivity contribution in [2.45, 2.75) is 5.25 Å². The Morgan fingerprint density at radius 3 is 2.93 bits per heavy atom. The third-order valence-corrected chi connectivity index (χ3v) is 6.06. The van der Waals surface area contributed by atoms with E-state index in [-0.39, 0.29) is 11.0 Å². The molecule has 1 aromatic rings. The van der Waals surface area contributed by atoms with Gasteiger partial charge in [-0.15, -0.1) is 23.1 Å². The summed E-state index contributed by atoms with van der Waals surface area (Å²) in [5, 5.41) is 2.59. The van der Waals surface area contributed by atoms with Crippen LogP contribution in [0.4, 0.5) is 0 Å². The third-order valence-electron chi connectivity index (χ3n) is 1.95. The van der Waals surface area contributed by atoms with Gasteiger partial charge in [-0.05, 0) is 11.4 Å². The van der Waals surface area contributed by atoms with Crippen LogP contribution in [-0.4, -0.2) is 28.3 Å². The van der Waals surface area contributed by atoms with Crippen molar-refractivity contribution >= 4 is 52.2 Å². The van der Waals surface area contributed by atoms with Gasteiger partial charge in [0.1, 0.15) is 0 Å². The molecular weight excluding hydrogens is 256 g/mol. The summed E-state index contributed by atoms with van der Waals surface area (Å²) in [6.45, 7) is 0. The second kappa shape index (κ2) is 4.92. The lowest BCUT2D eigenvalue weighted by Crippen LogP contribution is -2.23. The fraction of sp³-hybridized carbons (Fsp3) is 0.444. The Kier molecular flexibility index (Phi) is 3.82. The summed E-state index contributed by atoms with van der Waals surface area (Å²) in [5.74, 6) is 3.37. The summed E-state index contributed by atoms with van der Waals surface area (Å²) in [7, 11) is 0. The topological polar surface area (TPSA) is 17.1 Å². The molecule has 0 spiro atoms. The number of carbonyl (C=O) groups excluding carboxylic acids is 1. The Morgan fingerprint density at radius 2 is 2.36 bits per heavy atom. The van der Waals surface area contributed by atoms with E-state index in [1.165, 1.54) is 11.3 Å². The molecule has 5 heteroatoms. The van der Waals surface area contributed by atoms with Gasteiger partial charge in [0.2, 0.25) is 0 Å². The highest BCUT2D eigenvalue weighted by Crippen LogP contribution is 2.31. The number of hydrogen-bond donors (Lipinski definition) is 0. The molecule has 0 bridgehead atoms. The molecule has 2 heterocycles. The minimum absolute atomic E-state index is 0.116. The van der Waals surface area contributed by atoms with Crippen molar-refractivity contribution in [1.29, 1.82) is 0 Å². The number of thiophene rings is 1. The summed E-state index contributed by atoms with van der Waals surface area (Å²) < 4.78 is 0. The quantitative estimate of drug-likeness (QED) is 0.762. The molecular formula is C9H9ClOS3. The van der Waals surface area contributed by atoms with Gasteiger partial charge in [-0.25, -0.2) is 0 Å². The lowest BCUT2D eigenvalue weighted by Gasteiger charge is -2.18. The molecule has 1 aromatic heterocycles. The Morgan fingerprint density at radius 1 is 1.50 bits per heavy atom. The van der Waals surface area contributed by atoms with Crippen molar-refractivity contribution in [3.8, 4) is 0 Å². The van der Waals surface area contributed by atoms with Gasteiger partial charge in [-0.2, -0.15) is 11.8 Å². The molecule has 1 atom stereocenters. The first-order valence-electron chi connectivity index (χ1n) is 4.25. The molecule has 0 N–H and O–H groups in total. The molecule has 0 aromatic carbocycles. The van der Waals surface area contributed by atoms with Gasteiger partial charge >= 0.3 is 0 Å². The average Bonchev–Trinajstić information content (AvgIpc) is 2.65. The van der Waals surface area contributed by atoms with E-state index in [2.05, 4.69) is 0 Å². The Labute approximate surface area is 101 Å². The number of thioether (sulfide) groups is 2. The van der Waals surface area contributed by atoms with E-state index in [4.69, 9.17) is 11.6 Å². The predicted octanol–water partition coefficient (Wildman–Crippen LogP) is 3.43. The zero-order valence-electron chi connectivity index (χ0n) is 7.36. The first kappa shape index (κ1) is 10.9. The fourth-order valence-corrected chi connectivity index (χ4v) is 5.09. The van der Waals surface area contributed by atoms with Gasteiger partial charge < -0.3 is 0 Å². The van der Waals surface area contributed by atoms with Crippen LogP contribution in [0.5, 0.6) is 0 Å². The molecule has 1 aliphatic rings. The van der Waals surface area contributed by atoms with Gasteiger partial charge in [-0.3, -0.25) is 4.79 Å². The first-order chi connectivity index (χ1) is 6.79. The second-order valence-electron chi connectivity index (χ2n) is 2.90. The Balaban J connectivity index is 2.11. The summed E-state index contributed by atoms with van der Waals surface area (Å²) in [6, 6.07) is 1.79.